The highest BCUT2D eigenvalue weighted by Gasteiger charge is 2.46. The zero-order chi connectivity index (χ0) is 24.9. The second-order valence-corrected chi connectivity index (χ2v) is 8.41. The summed E-state index contributed by atoms with van der Waals surface area (Å²) < 4.78 is 29.7. The Kier molecular flexibility index (Phi) is 7.67. The van der Waals surface area contributed by atoms with Crippen molar-refractivity contribution in [2.45, 2.75) is 12.5 Å². The number of hydrogen-bond acceptors (Lipinski definition) is 7. The Morgan fingerprint density at radius 3 is 2.43 bits per heavy atom. The number of morpholine rings is 1. The molecule has 2 aromatic rings. The fourth-order valence-corrected chi connectivity index (χ4v) is 4.53. The van der Waals surface area contributed by atoms with E-state index in [2.05, 4.69) is 4.90 Å². The highest BCUT2D eigenvalue weighted by Crippen LogP contribution is 2.43. The van der Waals surface area contributed by atoms with Crippen LogP contribution in [0.2, 0.25) is 0 Å². The van der Waals surface area contributed by atoms with Crippen LogP contribution in [0.5, 0.6) is 11.5 Å². The normalized spacial score (nSPS) is 20.3. The third kappa shape index (κ3) is 5.16. The molecular formula is C26H29FN2O6. The summed E-state index contributed by atoms with van der Waals surface area (Å²) in [5, 5.41) is 11.1. The molecule has 2 aliphatic rings. The lowest BCUT2D eigenvalue weighted by molar-refractivity contribution is -0.140. The third-order valence-corrected chi connectivity index (χ3v) is 6.37. The van der Waals surface area contributed by atoms with Crippen LogP contribution in [0.1, 0.15) is 23.6 Å². The minimum atomic E-state index is -0.870. The molecule has 1 atom stereocenters. The molecule has 9 heteroatoms. The van der Waals surface area contributed by atoms with Crippen LogP contribution in [0.25, 0.3) is 5.76 Å². The van der Waals surface area contributed by atoms with E-state index in [4.69, 9.17) is 14.2 Å². The molecular weight excluding hydrogens is 455 g/mol. The Hall–Kier alpha value is -3.43. The highest BCUT2D eigenvalue weighted by atomic mass is 19.1. The number of rotatable bonds is 8. The Morgan fingerprint density at radius 2 is 1.77 bits per heavy atom. The number of ether oxygens (including phenoxy) is 3. The molecule has 0 spiro atoms. The van der Waals surface area contributed by atoms with Crippen LogP contribution < -0.4 is 9.47 Å². The van der Waals surface area contributed by atoms with Crippen LogP contribution in [0.4, 0.5) is 4.39 Å². The van der Waals surface area contributed by atoms with Gasteiger partial charge in [0, 0.05) is 43.4 Å². The van der Waals surface area contributed by atoms with E-state index in [0.717, 1.165) is 19.6 Å². The van der Waals surface area contributed by atoms with Gasteiger partial charge in [-0.25, -0.2) is 4.39 Å². The molecule has 186 valence electrons. The van der Waals surface area contributed by atoms with Gasteiger partial charge >= 0.3 is 0 Å². The number of methoxy groups -OCH3 is 2. The first-order chi connectivity index (χ1) is 16.9. The van der Waals surface area contributed by atoms with Crippen LogP contribution >= 0.6 is 0 Å². The van der Waals surface area contributed by atoms with E-state index in [1.54, 1.807) is 18.2 Å². The minimum absolute atomic E-state index is 0.0588. The van der Waals surface area contributed by atoms with Crippen LogP contribution in [0.15, 0.2) is 48.0 Å². The van der Waals surface area contributed by atoms with Crippen molar-refractivity contribution >= 4 is 17.4 Å². The largest absolute Gasteiger partial charge is 0.507 e. The van der Waals surface area contributed by atoms with Gasteiger partial charge < -0.3 is 24.2 Å². The number of likely N-dealkylation sites (tertiary alicyclic amines) is 1. The molecule has 35 heavy (non-hydrogen) atoms. The number of amides is 1. The van der Waals surface area contributed by atoms with Gasteiger partial charge in [-0.1, -0.05) is 0 Å². The molecule has 2 aliphatic heterocycles. The van der Waals surface area contributed by atoms with E-state index in [1.807, 2.05) is 0 Å². The lowest BCUT2D eigenvalue weighted by Crippen LogP contribution is -2.39. The lowest BCUT2D eigenvalue weighted by atomic mass is 9.94. The predicted octanol–water partition coefficient (Wildman–Crippen LogP) is 2.99. The monoisotopic (exact) mass is 484 g/mol. The smallest absolute Gasteiger partial charge is 0.295 e. The fourth-order valence-electron chi connectivity index (χ4n) is 4.53. The number of aliphatic hydroxyl groups is 1. The maximum atomic E-state index is 13.5. The number of halogens is 1. The maximum absolute atomic E-state index is 13.5. The molecule has 0 unspecified atom stereocenters. The van der Waals surface area contributed by atoms with Crippen molar-refractivity contribution in [3.05, 3.63) is 65.0 Å². The number of Topliss-reactive ketones (excluding diaryl/α,β-unsaturated/α-hetero) is 1. The van der Waals surface area contributed by atoms with Gasteiger partial charge in [0.1, 0.15) is 23.1 Å². The Morgan fingerprint density at radius 1 is 1.06 bits per heavy atom. The van der Waals surface area contributed by atoms with Gasteiger partial charge in [0.15, 0.2) is 0 Å². The highest BCUT2D eigenvalue weighted by molar-refractivity contribution is 6.46. The van der Waals surface area contributed by atoms with Crippen molar-refractivity contribution in [2.24, 2.45) is 0 Å². The van der Waals surface area contributed by atoms with E-state index in [-0.39, 0.29) is 16.9 Å². The number of carbonyl (C=O) groups excluding carboxylic acids is 2. The van der Waals surface area contributed by atoms with Gasteiger partial charge in [-0.15, -0.1) is 0 Å². The molecule has 2 aromatic carbocycles. The van der Waals surface area contributed by atoms with E-state index >= 15 is 0 Å². The summed E-state index contributed by atoms with van der Waals surface area (Å²) in [6, 6.07) is 9.36. The predicted molar refractivity (Wildman–Crippen MR) is 127 cm³/mol. The van der Waals surface area contributed by atoms with Crippen LogP contribution in [0.3, 0.4) is 0 Å². The average Bonchev–Trinajstić information content (AvgIpc) is 3.13. The zero-order valence-corrected chi connectivity index (χ0v) is 19.8. The standard InChI is InChI=1S/C26H29FN2O6/c1-33-19-8-9-20(21(16-19)34-2)23-22(24(30)17-4-6-18(27)7-5-17)25(31)26(32)29(23)11-3-10-28-12-14-35-15-13-28/h4-9,16,23,30H,3,10-15H2,1-2H3/b24-22+/t23-/m1/s1. The van der Waals surface area contributed by atoms with Gasteiger partial charge in [-0.3, -0.25) is 14.5 Å². The van der Waals surface area contributed by atoms with Crippen molar-refractivity contribution in [1.29, 1.82) is 0 Å². The van der Waals surface area contributed by atoms with Crippen LogP contribution in [-0.4, -0.2) is 80.2 Å². The van der Waals surface area contributed by atoms with Crippen molar-refractivity contribution < 1.29 is 33.3 Å². The minimum Gasteiger partial charge on any atom is -0.507 e. The molecule has 2 saturated heterocycles. The van der Waals surface area contributed by atoms with Gasteiger partial charge in [-0.2, -0.15) is 0 Å². The molecule has 0 saturated carbocycles. The topological polar surface area (TPSA) is 88.5 Å². The molecule has 4 rings (SSSR count). The quantitative estimate of drug-likeness (QED) is 0.350. The van der Waals surface area contributed by atoms with Crippen molar-refractivity contribution in [3.8, 4) is 11.5 Å². The first-order valence-corrected chi connectivity index (χ1v) is 11.5. The Balaban J connectivity index is 1.73. The van der Waals surface area contributed by atoms with E-state index in [1.165, 1.54) is 43.4 Å². The summed E-state index contributed by atoms with van der Waals surface area (Å²) in [5.41, 5.74) is 0.731. The first kappa shape index (κ1) is 24.7. The second kappa shape index (κ2) is 10.9. The molecule has 0 aliphatic carbocycles. The Bertz CT molecular complexity index is 1110. The number of nitrogens with zero attached hydrogens (tertiary/aromatic N) is 2. The SMILES string of the molecule is COc1ccc([C@@H]2/C(=C(\O)c3ccc(F)cc3)C(=O)C(=O)N2CCCN2CCOCC2)c(OC)c1. The van der Waals surface area contributed by atoms with Crippen molar-refractivity contribution in [3.63, 3.8) is 0 Å². The van der Waals surface area contributed by atoms with E-state index in [0.29, 0.717) is 43.2 Å². The molecule has 1 amide bonds. The van der Waals surface area contributed by atoms with Gasteiger partial charge in [0.25, 0.3) is 11.7 Å². The van der Waals surface area contributed by atoms with Gasteiger partial charge in [-0.05, 0) is 42.8 Å². The number of carbonyl (C=O) groups is 2. The lowest BCUT2D eigenvalue weighted by Gasteiger charge is -2.29. The molecule has 0 radical (unpaired) electrons. The van der Waals surface area contributed by atoms with Crippen LogP contribution in [0, 0.1) is 5.82 Å². The van der Waals surface area contributed by atoms with Crippen molar-refractivity contribution in [2.75, 3.05) is 53.6 Å². The van der Waals surface area contributed by atoms with E-state index in [9.17, 15) is 19.1 Å². The van der Waals surface area contributed by atoms with Gasteiger partial charge in [0.05, 0.1) is 39.0 Å². The first-order valence-electron chi connectivity index (χ1n) is 11.5. The fraction of sp³-hybridized carbons (Fsp3) is 0.385. The molecule has 2 fully saturated rings. The zero-order valence-electron chi connectivity index (χ0n) is 19.8. The summed E-state index contributed by atoms with van der Waals surface area (Å²) in [6.45, 7) is 4.04. The van der Waals surface area contributed by atoms with Gasteiger partial charge in [0.2, 0.25) is 0 Å². The molecule has 1 N–H and O–H groups in total. The molecule has 0 bridgehead atoms. The summed E-state index contributed by atoms with van der Waals surface area (Å²) in [7, 11) is 3.02. The summed E-state index contributed by atoms with van der Waals surface area (Å²) in [6.07, 6.45) is 0.637. The number of aliphatic hydroxyl groups excluding tert-OH is 1. The molecule has 8 nitrogen and oxygen atoms in total. The second-order valence-electron chi connectivity index (χ2n) is 8.41. The maximum Gasteiger partial charge on any atom is 0.295 e. The van der Waals surface area contributed by atoms with Crippen molar-refractivity contribution in [1.82, 2.24) is 9.80 Å². The summed E-state index contributed by atoms with van der Waals surface area (Å²) in [5.74, 6) is -1.35. The summed E-state index contributed by atoms with van der Waals surface area (Å²) >= 11 is 0. The third-order valence-electron chi connectivity index (χ3n) is 6.37. The summed E-state index contributed by atoms with van der Waals surface area (Å²) in [4.78, 5) is 30.1. The average molecular weight is 485 g/mol. The van der Waals surface area contributed by atoms with E-state index < -0.39 is 23.5 Å². The number of hydrogen-bond donors (Lipinski definition) is 1. The molecule has 0 aromatic heterocycles. The Labute approximate surface area is 203 Å². The number of ketones is 1. The number of benzene rings is 2. The molecule has 2 heterocycles. The van der Waals surface area contributed by atoms with Crippen LogP contribution in [-0.2, 0) is 14.3 Å².